The fourth-order valence-electron chi connectivity index (χ4n) is 1.47. The molecule has 0 saturated heterocycles. The molecule has 96 valence electrons. The van der Waals surface area contributed by atoms with Crippen molar-refractivity contribution in [1.82, 2.24) is 0 Å². The molecule has 0 radical (unpaired) electrons. The Morgan fingerprint density at radius 2 is 2.24 bits per heavy atom. The van der Waals surface area contributed by atoms with Crippen molar-refractivity contribution >= 4 is 27.7 Å². The van der Waals surface area contributed by atoms with Crippen LogP contribution in [0.4, 0.5) is 0 Å². The highest BCUT2D eigenvalue weighted by Crippen LogP contribution is 2.28. The van der Waals surface area contributed by atoms with Crippen LogP contribution in [-0.2, 0) is 0 Å². The second-order valence-corrected chi connectivity index (χ2v) is 6.07. The number of thioether (sulfide) groups is 1. The van der Waals surface area contributed by atoms with Gasteiger partial charge in [0.2, 0.25) is 0 Å². The maximum atomic E-state index is 9.64. The van der Waals surface area contributed by atoms with Gasteiger partial charge in [0, 0.05) is 10.0 Å². The first kappa shape index (κ1) is 14.9. The van der Waals surface area contributed by atoms with Gasteiger partial charge in [-0.05, 0) is 37.0 Å². The number of rotatable bonds is 7. The van der Waals surface area contributed by atoms with Crippen LogP contribution in [0, 0.1) is 0 Å². The molecule has 0 aliphatic heterocycles. The third kappa shape index (κ3) is 5.32. The Bertz CT molecular complexity index is 342. The largest absolute Gasteiger partial charge is 0.493 e. The molecule has 1 aromatic rings. The van der Waals surface area contributed by atoms with Gasteiger partial charge in [-0.3, -0.25) is 0 Å². The number of aliphatic hydroxyl groups is 1. The Kier molecular flexibility index (Phi) is 7.00. The van der Waals surface area contributed by atoms with Crippen LogP contribution in [0.2, 0.25) is 0 Å². The van der Waals surface area contributed by atoms with Crippen LogP contribution in [-0.4, -0.2) is 23.2 Å². The average Bonchev–Trinajstić information content (AvgIpc) is 2.28. The van der Waals surface area contributed by atoms with Crippen LogP contribution < -0.4 is 4.74 Å². The monoisotopic (exact) mass is 318 g/mol. The van der Waals surface area contributed by atoms with Crippen molar-refractivity contribution in [2.24, 2.45) is 0 Å². The predicted molar refractivity (Wildman–Crippen MR) is 77.9 cm³/mol. The number of benzene rings is 1. The Morgan fingerprint density at radius 1 is 1.47 bits per heavy atom. The van der Waals surface area contributed by atoms with E-state index in [0.717, 1.165) is 33.7 Å². The molecule has 0 spiro atoms. The van der Waals surface area contributed by atoms with Crippen molar-refractivity contribution in [3.8, 4) is 5.75 Å². The molecule has 0 amide bonds. The highest BCUT2D eigenvalue weighted by Gasteiger charge is 2.09. The second-order valence-electron chi connectivity index (χ2n) is 3.76. The van der Waals surface area contributed by atoms with Gasteiger partial charge in [-0.25, -0.2) is 0 Å². The van der Waals surface area contributed by atoms with Crippen molar-refractivity contribution in [2.75, 3.05) is 18.1 Å². The zero-order valence-electron chi connectivity index (χ0n) is 10.3. The number of hydrogen-bond donors (Lipinski definition) is 1. The van der Waals surface area contributed by atoms with Crippen LogP contribution in [0.15, 0.2) is 22.7 Å². The molecule has 1 aromatic carbocycles. The van der Waals surface area contributed by atoms with E-state index in [-0.39, 0.29) is 0 Å². The van der Waals surface area contributed by atoms with Gasteiger partial charge >= 0.3 is 0 Å². The first-order chi connectivity index (χ1) is 8.15. The van der Waals surface area contributed by atoms with E-state index in [2.05, 4.69) is 22.9 Å². The van der Waals surface area contributed by atoms with E-state index in [1.54, 1.807) is 6.92 Å². The smallest absolute Gasteiger partial charge is 0.126 e. The standard InChI is InChI=1S/C13H19BrO2S/c1-3-17-8-4-7-16-13-9-11(14)5-6-12(13)10(2)15/h5-6,9-10,15H,3-4,7-8H2,1-2H3/t10-/m0/s1. The van der Waals surface area contributed by atoms with Gasteiger partial charge in [-0.2, -0.15) is 11.8 Å². The summed E-state index contributed by atoms with van der Waals surface area (Å²) in [6.45, 7) is 4.61. The van der Waals surface area contributed by atoms with Crippen molar-refractivity contribution in [3.05, 3.63) is 28.2 Å². The van der Waals surface area contributed by atoms with E-state index < -0.39 is 6.10 Å². The molecule has 0 bridgehead atoms. The van der Waals surface area contributed by atoms with Crippen molar-refractivity contribution < 1.29 is 9.84 Å². The molecule has 0 unspecified atom stereocenters. The minimum absolute atomic E-state index is 0.497. The third-order valence-electron chi connectivity index (χ3n) is 2.32. The van der Waals surface area contributed by atoms with E-state index >= 15 is 0 Å². The number of ether oxygens (including phenoxy) is 1. The molecule has 0 aromatic heterocycles. The van der Waals surface area contributed by atoms with Crippen molar-refractivity contribution in [3.63, 3.8) is 0 Å². The van der Waals surface area contributed by atoms with Crippen LogP contribution in [0.1, 0.15) is 31.9 Å². The summed E-state index contributed by atoms with van der Waals surface area (Å²) in [6.07, 6.45) is 0.535. The maximum Gasteiger partial charge on any atom is 0.126 e. The molecular weight excluding hydrogens is 300 g/mol. The molecule has 1 N–H and O–H groups in total. The van der Waals surface area contributed by atoms with E-state index in [0.29, 0.717) is 6.61 Å². The molecule has 0 fully saturated rings. The zero-order chi connectivity index (χ0) is 12.7. The molecule has 17 heavy (non-hydrogen) atoms. The number of hydrogen-bond acceptors (Lipinski definition) is 3. The van der Waals surface area contributed by atoms with Crippen molar-refractivity contribution in [2.45, 2.75) is 26.4 Å². The lowest BCUT2D eigenvalue weighted by Gasteiger charge is -2.13. The van der Waals surface area contributed by atoms with Crippen LogP contribution >= 0.6 is 27.7 Å². The molecule has 1 atom stereocenters. The van der Waals surface area contributed by atoms with E-state index in [1.165, 1.54) is 0 Å². The quantitative estimate of drug-likeness (QED) is 0.770. The Hall–Kier alpha value is -0.190. The SMILES string of the molecule is CCSCCCOc1cc(Br)ccc1[C@H](C)O. The summed E-state index contributed by atoms with van der Waals surface area (Å²) in [7, 11) is 0. The fraction of sp³-hybridized carbons (Fsp3) is 0.538. The highest BCUT2D eigenvalue weighted by atomic mass is 79.9. The van der Waals surface area contributed by atoms with Gasteiger partial charge < -0.3 is 9.84 Å². The third-order valence-corrected chi connectivity index (χ3v) is 3.80. The molecule has 4 heteroatoms. The Labute approximate surface area is 116 Å². The van der Waals surface area contributed by atoms with E-state index in [1.807, 2.05) is 30.0 Å². The fourth-order valence-corrected chi connectivity index (χ4v) is 2.42. The van der Waals surface area contributed by atoms with Crippen LogP contribution in [0.25, 0.3) is 0 Å². The second kappa shape index (κ2) is 8.01. The first-order valence-electron chi connectivity index (χ1n) is 5.83. The van der Waals surface area contributed by atoms with Gasteiger partial charge in [0.15, 0.2) is 0 Å². The van der Waals surface area contributed by atoms with Gasteiger partial charge in [-0.15, -0.1) is 0 Å². The van der Waals surface area contributed by atoms with Crippen LogP contribution in [0.5, 0.6) is 5.75 Å². The van der Waals surface area contributed by atoms with Crippen LogP contribution in [0.3, 0.4) is 0 Å². The number of halogens is 1. The molecule has 0 saturated carbocycles. The summed E-state index contributed by atoms with van der Waals surface area (Å²) >= 11 is 5.33. The molecular formula is C13H19BrO2S. The summed E-state index contributed by atoms with van der Waals surface area (Å²) < 4.78 is 6.69. The summed E-state index contributed by atoms with van der Waals surface area (Å²) in [5, 5.41) is 9.64. The summed E-state index contributed by atoms with van der Waals surface area (Å²) in [5.41, 5.74) is 0.844. The average molecular weight is 319 g/mol. The predicted octanol–water partition coefficient (Wildman–Crippen LogP) is 4.02. The summed E-state index contributed by atoms with van der Waals surface area (Å²) in [6, 6.07) is 5.72. The minimum atomic E-state index is -0.497. The van der Waals surface area contributed by atoms with Gasteiger partial charge in [0.25, 0.3) is 0 Å². The Balaban J connectivity index is 2.53. The minimum Gasteiger partial charge on any atom is -0.493 e. The first-order valence-corrected chi connectivity index (χ1v) is 7.78. The lowest BCUT2D eigenvalue weighted by atomic mass is 10.1. The molecule has 0 heterocycles. The lowest BCUT2D eigenvalue weighted by molar-refractivity contribution is 0.191. The zero-order valence-corrected chi connectivity index (χ0v) is 12.7. The van der Waals surface area contributed by atoms with Gasteiger partial charge in [0.1, 0.15) is 5.75 Å². The summed E-state index contributed by atoms with van der Waals surface area (Å²) in [4.78, 5) is 0. The normalized spacial score (nSPS) is 12.5. The maximum absolute atomic E-state index is 9.64. The van der Waals surface area contributed by atoms with E-state index in [9.17, 15) is 5.11 Å². The molecule has 2 nitrogen and oxygen atoms in total. The lowest BCUT2D eigenvalue weighted by Crippen LogP contribution is -2.03. The van der Waals surface area contributed by atoms with Gasteiger partial charge in [0.05, 0.1) is 12.7 Å². The molecule has 0 aliphatic carbocycles. The molecule has 0 aliphatic rings. The van der Waals surface area contributed by atoms with Crippen molar-refractivity contribution in [1.29, 1.82) is 0 Å². The van der Waals surface area contributed by atoms with E-state index in [4.69, 9.17) is 4.74 Å². The number of aliphatic hydroxyl groups excluding tert-OH is 1. The highest BCUT2D eigenvalue weighted by molar-refractivity contribution is 9.10. The Morgan fingerprint density at radius 3 is 2.88 bits per heavy atom. The molecule has 1 rings (SSSR count). The van der Waals surface area contributed by atoms with Gasteiger partial charge in [-0.1, -0.05) is 28.9 Å². The topological polar surface area (TPSA) is 29.5 Å². The summed E-state index contributed by atoms with van der Waals surface area (Å²) in [5.74, 6) is 3.04.